The highest BCUT2D eigenvalue weighted by molar-refractivity contribution is 5.79. The van der Waals surface area contributed by atoms with Gasteiger partial charge in [0.15, 0.2) is 0 Å². The van der Waals surface area contributed by atoms with Gasteiger partial charge in [-0.05, 0) is 25.5 Å². The summed E-state index contributed by atoms with van der Waals surface area (Å²) in [5.41, 5.74) is 10.8. The SMILES string of the molecule is CCOC(=O)C(F)(F)[C@@H](N)c1c(C)ccc(N)c1O. The molecule has 5 nitrogen and oxygen atoms in total. The Balaban J connectivity index is 3.23. The van der Waals surface area contributed by atoms with E-state index in [9.17, 15) is 18.7 Å². The van der Waals surface area contributed by atoms with Crippen molar-refractivity contribution >= 4 is 11.7 Å². The van der Waals surface area contributed by atoms with E-state index in [2.05, 4.69) is 4.74 Å². The smallest absolute Gasteiger partial charge is 0.379 e. The number of esters is 1. The molecule has 0 fully saturated rings. The standard InChI is InChI=1S/C12H16F2N2O3/c1-3-19-11(18)12(13,14)10(16)8-6(2)4-5-7(15)9(8)17/h4-5,10,17H,3,15-16H2,1-2H3/t10-/m0/s1. The third-order valence-corrected chi connectivity index (χ3v) is 2.72. The zero-order valence-corrected chi connectivity index (χ0v) is 10.6. The summed E-state index contributed by atoms with van der Waals surface area (Å²) in [7, 11) is 0. The van der Waals surface area contributed by atoms with E-state index < -0.39 is 23.7 Å². The van der Waals surface area contributed by atoms with Crippen LogP contribution in [0.4, 0.5) is 14.5 Å². The number of aromatic hydroxyl groups is 1. The van der Waals surface area contributed by atoms with Crippen molar-refractivity contribution < 1.29 is 23.4 Å². The Kier molecular flexibility index (Phi) is 4.31. The molecule has 5 N–H and O–H groups in total. The first-order chi connectivity index (χ1) is 8.73. The van der Waals surface area contributed by atoms with Gasteiger partial charge in [-0.2, -0.15) is 8.78 Å². The molecule has 0 saturated heterocycles. The molecule has 1 atom stereocenters. The monoisotopic (exact) mass is 274 g/mol. The summed E-state index contributed by atoms with van der Waals surface area (Å²) >= 11 is 0. The molecule has 1 aromatic rings. The first-order valence-electron chi connectivity index (χ1n) is 5.62. The molecule has 106 valence electrons. The molecule has 0 unspecified atom stereocenters. The number of hydrogen-bond donors (Lipinski definition) is 3. The number of rotatable bonds is 4. The van der Waals surface area contributed by atoms with Gasteiger partial charge in [-0.15, -0.1) is 0 Å². The van der Waals surface area contributed by atoms with Gasteiger partial charge in [0, 0.05) is 5.56 Å². The van der Waals surface area contributed by atoms with Crippen LogP contribution in [0.25, 0.3) is 0 Å². The van der Waals surface area contributed by atoms with Gasteiger partial charge in [-0.3, -0.25) is 0 Å². The molecule has 0 aliphatic heterocycles. The summed E-state index contributed by atoms with van der Waals surface area (Å²) in [6.45, 7) is 2.70. The number of hydrogen-bond acceptors (Lipinski definition) is 5. The number of ether oxygens (including phenoxy) is 1. The van der Waals surface area contributed by atoms with Crippen LogP contribution in [0.3, 0.4) is 0 Å². The number of anilines is 1. The average Bonchev–Trinajstić information content (AvgIpc) is 2.34. The highest BCUT2D eigenvalue weighted by Crippen LogP contribution is 2.39. The predicted octanol–water partition coefficient (Wildman–Crippen LogP) is 1.48. The number of nitrogen functional groups attached to an aromatic ring is 1. The van der Waals surface area contributed by atoms with Crippen LogP contribution in [-0.2, 0) is 9.53 Å². The summed E-state index contributed by atoms with van der Waals surface area (Å²) in [6, 6.07) is 0.768. The van der Waals surface area contributed by atoms with Crippen LogP contribution in [0.5, 0.6) is 5.75 Å². The Morgan fingerprint density at radius 2 is 2.11 bits per heavy atom. The van der Waals surface area contributed by atoms with Gasteiger partial charge in [0.2, 0.25) is 0 Å². The summed E-state index contributed by atoms with van der Waals surface area (Å²) in [4.78, 5) is 11.2. The minimum atomic E-state index is -3.95. The van der Waals surface area contributed by atoms with Crippen molar-refractivity contribution in [2.45, 2.75) is 25.8 Å². The second-order valence-corrected chi connectivity index (χ2v) is 4.06. The number of phenolic OH excluding ortho intramolecular Hbond substituents is 1. The van der Waals surface area contributed by atoms with E-state index in [1.54, 1.807) is 0 Å². The number of halogens is 2. The van der Waals surface area contributed by atoms with E-state index in [0.29, 0.717) is 5.56 Å². The van der Waals surface area contributed by atoms with E-state index in [1.165, 1.54) is 26.0 Å². The van der Waals surface area contributed by atoms with Crippen LogP contribution in [0, 0.1) is 6.92 Å². The topological polar surface area (TPSA) is 98.6 Å². The molecule has 0 spiro atoms. The first kappa shape index (κ1) is 15.2. The molecule has 0 aromatic heterocycles. The second-order valence-electron chi connectivity index (χ2n) is 4.06. The van der Waals surface area contributed by atoms with Crippen molar-refractivity contribution in [2.24, 2.45) is 5.73 Å². The largest absolute Gasteiger partial charge is 0.505 e. The maximum Gasteiger partial charge on any atom is 0.379 e. The van der Waals surface area contributed by atoms with Crippen molar-refractivity contribution in [3.63, 3.8) is 0 Å². The highest BCUT2D eigenvalue weighted by Gasteiger charge is 2.49. The third-order valence-electron chi connectivity index (χ3n) is 2.72. The van der Waals surface area contributed by atoms with Gasteiger partial charge >= 0.3 is 11.9 Å². The van der Waals surface area contributed by atoms with E-state index in [0.717, 1.165) is 0 Å². The van der Waals surface area contributed by atoms with Crippen molar-refractivity contribution in [1.29, 1.82) is 0 Å². The van der Waals surface area contributed by atoms with Crippen molar-refractivity contribution in [1.82, 2.24) is 0 Å². The summed E-state index contributed by atoms with van der Waals surface area (Å²) in [5, 5.41) is 9.73. The molecule has 0 aliphatic carbocycles. The molecule has 1 aromatic carbocycles. The lowest BCUT2D eigenvalue weighted by Crippen LogP contribution is -2.42. The predicted molar refractivity (Wildman–Crippen MR) is 65.8 cm³/mol. The van der Waals surface area contributed by atoms with Crippen LogP contribution in [0.1, 0.15) is 24.1 Å². The molecule has 1 rings (SSSR count). The van der Waals surface area contributed by atoms with Gasteiger partial charge in [0.1, 0.15) is 11.8 Å². The number of aryl methyl sites for hydroxylation is 1. The number of nitrogens with two attached hydrogens (primary N) is 2. The van der Waals surface area contributed by atoms with Crippen LogP contribution in [0.2, 0.25) is 0 Å². The molecule has 0 bridgehead atoms. The van der Waals surface area contributed by atoms with E-state index in [4.69, 9.17) is 11.5 Å². The highest BCUT2D eigenvalue weighted by atomic mass is 19.3. The fourth-order valence-corrected chi connectivity index (χ4v) is 1.65. The molecule has 0 amide bonds. The molecular weight excluding hydrogens is 258 g/mol. The zero-order valence-electron chi connectivity index (χ0n) is 10.6. The zero-order chi connectivity index (χ0) is 14.8. The Bertz CT molecular complexity index is 492. The first-order valence-corrected chi connectivity index (χ1v) is 5.62. The normalized spacial score (nSPS) is 13.1. The van der Waals surface area contributed by atoms with E-state index in [1.807, 2.05) is 0 Å². The lowest BCUT2D eigenvalue weighted by atomic mass is 9.95. The van der Waals surface area contributed by atoms with Crippen LogP contribution in [0.15, 0.2) is 12.1 Å². The Hall–Kier alpha value is -1.89. The Labute approximate surface area is 109 Å². The van der Waals surface area contributed by atoms with Gasteiger partial charge in [-0.25, -0.2) is 4.79 Å². The van der Waals surface area contributed by atoms with E-state index in [-0.39, 0.29) is 17.9 Å². The quantitative estimate of drug-likeness (QED) is 0.439. The molecular formula is C12H16F2N2O3. The molecule has 19 heavy (non-hydrogen) atoms. The van der Waals surface area contributed by atoms with Crippen molar-refractivity contribution in [3.05, 3.63) is 23.3 Å². The number of alkyl halides is 2. The number of carbonyl (C=O) groups is 1. The summed E-state index contributed by atoms with van der Waals surface area (Å²) in [5.74, 6) is -6.23. The van der Waals surface area contributed by atoms with Gasteiger partial charge in [0.25, 0.3) is 0 Å². The lowest BCUT2D eigenvalue weighted by Gasteiger charge is -2.24. The lowest BCUT2D eigenvalue weighted by molar-refractivity contribution is -0.174. The summed E-state index contributed by atoms with van der Waals surface area (Å²) in [6.07, 6.45) is 0. The number of carbonyl (C=O) groups excluding carboxylic acids is 1. The maximum absolute atomic E-state index is 13.8. The Morgan fingerprint density at radius 1 is 1.53 bits per heavy atom. The molecule has 7 heteroatoms. The molecule has 0 radical (unpaired) electrons. The van der Waals surface area contributed by atoms with Crippen LogP contribution >= 0.6 is 0 Å². The Morgan fingerprint density at radius 3 is 2.63 bits per heavy atom. The molecule has 0 saturated carbocycles. The van der Waals surface area contributed by atoms with Crippen molar-refractivity contribution in [2.75, 3.05) is 12.3 Å². The number of benzene rings is 1. The van der Waals surface area contributed by atoms with Gasteiger partial charge < -0.3 is 21.3 Å². The molecule has 0 heterocycles. The average molecular weight is 274 g/mol. The van der Waals surface area contributed by atoms with Gasteiger partial charge in [-0.1, -0.05) is 6.07 Å². The summed E-state index contributed by atoms with van der Waals surface area (Å²) < 4.78 is 31.9. The van der Waals surface area contributed by atoms with Crippen LogP contribution in [-0.4, -0.2) is 23.6 Å². The fourth-order valence-electron chi connectivity index (χ4n) is 1.65. The minimum Gasteiger partial charge on any atom is -0.505 e. The third kappa shape index (κ3) is 2.76. The van der Waals surface area contributed by atoms with Crippen molar-refractivity contribution in [3.8, 4) is 5.75 Å². The van der Waals surface area contributed by atoms with E-state index >= 15 is 0 Å². The number of phenols is 1. The maximum atomic E-state index is 13.8. The van der Waals surface area contributed by atoms with Gasteiger partial charge in [0.05, 0.1) is 12.3 Å². The second kappa shape index (κ2) is 5.40. The minimum absolute atomic E-state index is 0.0873. The van der Waals surface area contributed by atoms with Crippen LogP contribution < -0.4 is 11.5 Å². The molecule has 0 aliphatic rings. The fraction of sp³-hybridized carbons (Fsp3) is 0.417.